The molecule has 2 aromatic carbocycles. The molecule has 0 radical (unpaired) electrons. The number of nitrogens with zero attached hydrogens (tertiary/aromatic N) is 2. The summed E-state index contributed by atoms with van der Waals surface area (Å²) < 4.78 is 1.98. The first kappa shape index (κ1) is 19.2. The summed E-state index contributed by atoms with van der Waals surface area (Å²) in [6, 6.07) is 20.5. The molecule has 27 heavy (non-hydrogen) atoms. The third kappa shape index (κ3) is 5.23. The molecule has 0 spiro atoms. The van der Waals surface area contributed by atoms with E-state index in [2.05, 4.69) is 41.6 Å². The highest BCUT2D eigenvalue weighted by atomic mass is 32.2. The van der Waals surface area contributed by atoms with Crippen molar-refractivity contribution in [2.45, 2.75) is 31.7 Å². The monoisotopic (exact) mass is 379 g/mol. The lowest BCUT2D eigenvalue weighted by molar-refractivity contribution is -0.120. The summed E-state index contributed by atoms with van der Waals surface area (Å²) in [4.78, 5) is 13.2. The van der Waals surface area contributed by atoms with Crippen LogP contribution in [-0.2, 0) is 11.3 Å². The molecular formula is C22H25N3OS. The number of nitrogens with one attached hydrogen (secondary N) is 1. The number of carbonyl (C=O) groups excluding carboxylic acids is 1. The Bertz CT molecular complexity index is 875. The molecule has 4 nitrogen and oxygen atoms in total. The topological polar surface area (TPSA) is 46.9 Å². The normalized spacial score (nSPS) is 10.7. The van der Waals surface area contributed by atoms with Gasteiger partial charge in [0.05, 0.1) is 12.2 Å². The molecule has 0 bridgehead atoms. The third-order valence-corrected chi connectivity index (χ3v) is 5.44. The van der Waals surface area contributed by atoms with Crippen LogP contribution in [0.3, 0.4) is 0 Å². The lowest BCUT2D eigenvalue weighted by Crippen LogP contribution is -2.28. The summed E-state index contributed by atoms with van der Waals surface area (Å²) in [5.41, 5.74) is 4.51. The Kier molecular flexibility index (Phi) is 6.71. The quantitative estimate of drug-likeness (QED) is 0.588. The highest BCUT2D eigenvalue weighted by molar-refractivity contribution is 7.99. The Balaban J connectivity index is 1.47. The lowest BCUT2D eigenvalue weighted by atomic mass is 10.0. The minimum Gasteiger partial charge on any atom is -0.354 e. The zero-order chi connectivity index (χ0) is 19.1. The van der Waals surface area contributed by atoms with Crippen LogP contribution in [0.25, 0.3) is 11.1 Å². The van der Waals surface area contributed by atoms with Crippen molar-refractivity contribution in [3.05, 3.63) is 72.1 Å². The maximum absolute atomic E-state index is 12.0. The van der Waals surface area contributed by atoms with Crippen LogP contribution in [-0.4, -0.2) is 28.0 Å². The van der Waals surface area contributed by atoms with Crippen LogP contribution in [0.4, 0.5) is 0 Å². The zero-order valence-electron chi connectivity index (χ0n) is 15.8. The third-order valence-electron chi connectivity index (χ3n) is 4.43. The number of benzene rings is 2. The Morgan fingerprint density at radius 1 is 1.04 bits per heavy atom. The molecule has 0 unspecified atom stereocenters. The van der Waals surface area contributed by atoms with E-state index in [1.54, 1.807) is 11.8 Å². The lowest BCUT2D eigenvalue weighted by Gasteiger charge is -2.08. The van der Waals surface area contributed by atoms with Gasteiger partial charge in [-0.3, -0.25) is 9.48 Å². The summed E-state index contributed by atoms with van der Waals surface area (Å²) in [5, 5.41) is 7.65. The van der Waals surface area contributed by atoms with E-state index in [1.807, 2.05) is 48.0 Å². The summed E-state index contributed by atoms with van der Waals surface area (Å²) in [5.74, 6) is 0.872. The SMILES string of the molecule is Cc1nn(CCNC(=O)CCSc2ccccc2)c(C)c1-c1ccccc1. The van der Waals surface area contributed by atoms with Crippen LogP contribution in [0.15, 0.2) is 65.6 Å². The molecule has 0 aliphatic rings. The first-order valence-corrected chi connectivity index (χ1v) is 10.2. The van der Waals surface area contributed by atoms with Crippen LogP contribution < -0.4 is 5.32 Å². The average Bonchev–Trinajstić information content (AvgIpc) is 2.97. The van der Waals surface area contributed by atoms with Crippen molar-refractivity contribution in [2.24, 2.45) is 0 Å². The maximum Gasteiger partial charge on any atom is 0.220 e. The number of hydrogen-bond acceptors (Lipinski definition) is 3. The number of rotatable bonds is 8. The molecule has 1 N–H and O–H groups in total. The largest absolute Gasteiger partial charge is 0.354 e. The van der Waals surface area contributed by atoms with Crippen LogP contribution in [0.1, 0.15) is 17.8 Å². The Morgan fingerprint density at radius 3 is 2.41 bits per heavy atom. The number of carbonyl (C=O) groups is 1. The van der Waals surface area contributed by atoms with E-state index >= 15 is 0 Å². The van der Waals surface area contributed by atoms with E-state index in [0.29, 0.717) is 19.5 Å². The highest BCUT2D eigenvalue weighted by Crippen LogP contribution is 2.26. The second-order valence-corrected chi connectivity index (χ2v) is 7.56. The van der Waals surface area contributed by atoms with Crippen molar-refractivity contribution in [1.82, 2.24) is 15.1 Å². The molecule has 140 valence electrons. The molecule has 0 saturated carbocycles. The summed E-state index contributed by atoms with van der Waals surface area (Å²) in [6.45, 7) is 5.38. The van der Waals surface area contributed by atoms with Gasteiger partial charge in [0.15, 0.2) is 0 Å². The van der Waals surface area contributed by atoms with Crippen molar-refractivity contribution < 1.29 is 4.79 Å². The van der Waals surface area contributed by atoms with Gasteiger partial charge < -0.3 is 5.32 Å². The van der Waals surface area contributed by atoms with Gasteiger partial charge in [-0.05, 0) is 31.5 Å². The van der Waals surface area contributed by atoms with Gasteiger partial charge in [0.25, 0.3) is 0 Å². The Morgan fingerprint density at radius 2 is 1.70 bits per heavy atom. The minimum absolute atomic E-state index is 0.0863. The Labute approximate surface area is 165 Å². The van der Waals surface area contributed by atoms with Gasteiger partial charge in [-0.1, -0.05) is 48.5 Å². The molecule has 3 rings (SSSR count). The van der Waals surface area contributed by atoms with E-state index in [9.17, 15) is 4.79 Å². The van der Waals surface area contributed by atoms with Gasteiger partial charge in [0.1, 0.15) is 0 Å². The van der Waals surface area contributed by atoms with Gasteiger partial charge in [0.2, 0.25) is 5.91 Å². The molecule has 0 aliphatic heterocycles. The van der Waals surface area contributed by atoms with Crippen molar-refractivity contribution in [3.63, 3.8) is 0 Å². The van der Waals surface area contributed by atoms with Gasteiger partial charge >= 0.3 is 0 Å². The number of amides is 1. The standard InChI is InChI=1S/C22H25N3OS/c1-17-22(19-9-5-3-6-10-19)18(2)25(24-17)15-14-23-21(26)13-16-27-20-11-7-4-8-12-20/h3-12H,13-16H2,1-2H3,(H,23,26). The zero-order valence-corrected chi connectivity index (χ0v) is 16.6. The van der Waals surface area contributed by atoms with Crippen molar-refractivity contribution in [1.29, 1.82) is 0 Å². The fourth-order valence-corrected chi connectivity index (χ4v) is 3.98. The van der Waals surface area contributed by atoms with E-state index in [-0.39, 0.29) is 5.91 Å². The van der Waals surface area contributed by atoms with Gasteiger partial charge in [0, 0.05) is 34.9 Å². The molecular weight excluding hydrogens is 354 g/mol. The van der Waals surface area contributed by atoms with Crippen molar-refractivity contribution in [3.8, 4) is 11.1 Å². The number of aromatic nitrogens is 2. The van der Waals surface area contributed by atoms with E-state index in [0.717, 1.165) is 17.1 Å². The van der Waals surface area contributed by atoms with Crippen LogP contribution in [0.2, 0.25) is 0 Å². The summed E-state index contributed by atoms with van der Waals surface area (Å²) >= 11 is 1.71. The van der Waals surface area contributed by atoms with Gasteiger partial charge in [-0.15, -0.1) is 11.8 Å². The molecule has 1 aromatic heterocycles. The average molecular weight is 380 g/mol. The molecule has 3 aromatic rings. The molecule has 5 heteroatoms. The van der Waals surface area contributed by atoms with Crippen molar-refractivity contribution in [2.75, 3.05) is 12.3 Å². The van der Waals surface area contributed by atoms with E-state index in [4.69, 9.17) is 0 Å². The molecule has 0 fully saturated rings. The first-order valence-electron chi connectivity index (χ1n) is 9.19. The summed E-state index contributed by atoms with van der Waals surface area (Å²) in [6.07, 6.45) is 0.520. The predicted molar refractivity (Wildman–Crippen MR) is 112 cm³/mol. The fraction of sp³-hybridized carbons (Fsp3) is 0.273. The maximum atomic E-state index is 12.0. The number of aryl methyl sites for hydroxylation is 1. The minimum atomic E-state index is 0.0863. The molecule has 0 saturated heterocycles. The second kappa shape index (κ2) is 9.42. The molecule has 1 heterocycles. The Hall–Kier alpha value is -2.53. The molecule has 0 aliphatic carbocycles. The van der Waals surface area contributed by atoms with Crippen LogP contribution >= 0.6 is 11.8 Å². The predicted octanol–water partition coefficient (Wildman–Crippen LogP) is 4.47. The second-order valence-electron chi connectivity index (χ2n) is 6.40. The van der Waals surface area contributed by atoms with Crippen LogP contribution in [0.5, 0.6) is 0 Å². The number of hydrogen-bond donors (Lipinski definition) is 1. The number of thioether (sulfide) groups is 1. The fourth-order valence-electron chi connectivity index (χ4n) is 3.11. The highest BCUT2D eigenvalue weighted by Gasteiger charge is 2.13. The van der Waals surface area contributed by atoms with E-state index in [1.165, 1.54) is 16.0 Å². The first-order chi connectivity index (χ1) is 13.1. The van der Waals surface area contributed by atoms with Crippen LogP contribution in [0, 0.1) is 13.8 Å². The van der Waals surface area contributed by atoms with E-state index < -0.39 is 0 Å². The van der Waals surface area contributed by atoms with Gasteiger partial charge in [-0.25, -0.2) is 0 Å². The smallest absolute Gasteiger partial charge is 0.220 e. The molecule has 0 atom stereocenters. The van der Waals surface area contributed by atoms with Crippen molar-refractivity contribution >= 4 is 17.7 Å². The summed E-state index contributed by atoms with van der Waals surface area (Å²) in [7, 11) is 0. The molecule has 1 amide bonds. The van der Waals surface area contributed by atoms with Gasteiger partial charge in [-0.2, -0.15) is 5.10 Å².